The molecule has 0 saturated carbocycles. The Bertz CT molecular complexity index is 629. The maximum absolute atomic E-state index is 11.6. The van der Waals surface area contributed by atoms with E-state index in [1.807, 2.05) is 23.6 Å². The largest absolute Gasteiger partial charge is 0.493 e. The van der Waals surface area contributed by atoms with Gasteiger partial charge < -0.3 is 9.47 Å². The van der Waals surface area contributed by atoms with E-state index in [1.165, 1.54) is 11.3 Å². The average molecular weight is 369 g/mol. The lowest BCUT2D eigenvalue weighted by Crippen LogP contribution is -2.24. The van der Waals surface area contributed by atoms with Gasteiger partial charge in [-0.1, -0.05) is 22.0 Å². The highest BCUT2D eigenvalue weighted by molar-refractivity contribution is 9.10. The van der Waals surface area contributed by atoms with Gasteiger partial charge in [-0.05, 0) is 29.6 Å². The molecule has 0 saturated heterocycles. The summed E-state index contributed by atoms with van der Waals surface area (Å²) in [6.45, 7) is -0.139. The number of carbonyl (C=O) groups excluding carboxylic acids is 1. The minimum Gasteiger partial charge on any atom is -0.493 e. The Labute approximate surface area is 134 Å². The quantitative estimate of drug-likeness (QED) is 0.629. The number of amides is 1. The van der Waals surface area contributed by atoms with Gasteiger partial charge in [-0.2, -0.15) is 5.10 Å². The molecule has 1 aromatic carbocycles. The molecule has 1 heterocycles. The van der Waals surface area contributed by atoms with Crippen LogP contribution in [0, 0.1) is 0 Å². The first-order valence-electron chi connectivity index (χ1n) is 6.01. The first kappa shape index (κ1) is 15.5. The predicted molar refractivity (Wildman–Crippen MR) is 86.2 cm³/mol. The first-order valence-corrected chi connectivity index (χ1v) is 7.68. The summed E-state index contributed by atoms with van der Waals surface area (Å²) >= 11 is 4.88. The van der Waals surface area contributed by atoms with Crippen LogP contribution in [0.5, 0.6) is 11.5 Å². The molecule has 2 aromatic rings. The van der Waals surface area contributed by atoms with E-state index >= 15 is 0 Å². The lowest BCUT2D eigenvalue weighted by molar-refractivity contribution is -0.123. The Morgan fingerprint density at radius 3 is 3.00 bits per heavy atom. The summed E-state index contributed by atoms with van der Waals surface area (Å²) in [5.74, 6) is 0.713. The zero-order valence-electron chi connectivity index (χ0n) is 11.2. The Balaban J connectivity index is 1.84. The molecule has 5 nitrogen and oxygen atoms in total. The molecule has 21 heavy (non-hydrogen) atoms. The van der Waals surface area contributed by atoms with Crippen molar-refractivity contribution < 1.29 is 14.3 Å². The summed E-state index contributed by atoms with van der Waals surface area (Å²) in [7, 11) is 1.54. The SMILES string of the molecule is COc1cc(Br)ccc1OCC(=O)N/N=C\c1cccs1. The van der Waals surface area contributed by atoms with Crippen molar-refractivity contribution in [3.05, 3.63) is 45.1 Å². The Kier molecular flexibility index (Phi) is 5.77. The van der Waals surface area contributed by atoms with Gasteiger partial charge in [0.05, 0.1) is 13.3 Å². The maximum Gasteiger partial charge on any atom is 0.277 e. The highest BCUT2D eigenvalue weighted by atomic mass is 79.9. The van der Waals surface area contributed by atoms with Gasteiger partial charge in [-0.15, -0.1) is 11.3 Å². The number of ether oxygens (including phenoxy) is 2. The van der Waals surface area contributed by atoms with Crippen LogP contribution in [0.4, 0.5) is 0 Å². The summed E-state index contributed by atoms with van der Waals surface area (Å²) in [5.41, 5.74) is 2.40. The number of rotatable bonds is 6. The van der Waals surface area contributed by atoms with Crippen molar-refractivity contribution in [2.24, 2.45) is 5.10 Å². The van der Waals surface area contributed by atoms with E-state index in [0.717, 1.165) is 9.35 Å². The Morgan fingerprint density at radius 2 is 2.29 bits per heavy atom. The van der Waals surface area contributed by atoms with Crippen molar-refractivity contribution >= 4 is 39.4 Å². The van der Waals surface area contributed by atoms with Crippen LogP contribution in [0.25, 0.3) is 0 Å². The molecule has 0 spiro atoms. The molecule has 2 rings (SSSR count). The first-order chi connectivity index (χ1) is 10.2. The third-order valence-electron chi connectivity index (χ3n) is 2.41. The molecule has 1 amide bonds. The molecule has 0 aliphatic heterocycles. The molecule has 110 valence electrons. The second kappa shape index (κ2) is 7.80. The van der Waals surface area contributed by atoms with Gasteiger partial charge in [0.1, 0.15) is 0 Å². The molecule has 0 atom stereocenters. The number of nitrogens with one attached hydrogen (secondary N) is 1. The third kappa shape index (κ3) is 4.87. The van der Waals surface area contributed by atoms with Crippen molar-refractivity contribution in [1.82, 2.24) is 5.43 Å². The number of benzene rings is 1. The molecule has 0 unspecified atom stereocenters. The van der Waals surface area contributed by atoms with E-state index in [9.17, 15) is 4.79 Å². The fourth-order valence-electron chi connectivity index (χ4n) is 1.47. The highest BCUT2D eigenvalue weighted by Crippen LogP contribution is 2.29. The van der Waals surface area contributed by atoms with E-state index < -0.39 is 0 Å². The molecular formula is C14H13BrN2O3S. The number of carbonyl (C=O) groups is 1. The summed E-state index contributed by atoms with van der Waals surface area (Å²) < 4.78 is 11.4. The number of methoxy groups -OCH3 is 1. The Hall–Kier alpha value is -1.86. The normalized spacial score (nSPS) is 10.6. The summed E-state index contributed by atoms with van der Waals surface area (Å²) in [5, 5.41) is 5.79. The van der Waals surface area contributed by atoms with Crippen LogP contribution >= 0.6 is 27.3 Å². The van der Waals surface area contributed by atoms with Crippen LogP contribution in [0.3, 0.4) is 0 Å². The molecule has 0 bridgehead atoms. The standard InChI is InChI=1S/C14H13BrN2O3S/c1-19-13-7-10(15)4-5-12(13)20-9-14(18)17-16-8-11-3-2-6-21-11/h2-8H,9H2,1H3,(H,17,18)/b16-8-. The van der Waals surface area contributed by atoms with Gasteiger partial charge in [-0.25, -0.2) is 5.43 Å². The zero-order chi connectivity index (χ0) is 15.1. The smallest absolute Gasteiger partial charge is 0.277 e. The minimum atomic E-state index is -0.340. The molecule has 7 heteroatoms. The number of thiophene rings is 1. The molecule has 0 radical (unpaired) electrons. The van der Waals surface area contributed by atoms with Gasteiger partial charge in [0.2, 0.25) is 0 Å². The van der Waals surface area contributed by atoms with E-state index in [2.05, 4.69) is 26.5 Å². The van der Waals surface area contributed by atoms with E-state index in [0.29, 0.717) is 11.5 Å². The lowest BCUT2D eigenvalue weighted by Gasteiger charge is -2.09. The van der Waals surface area contributed by atoms with Gasteiger partial charge in [0.25, 0.3) is 5.91 Å². The second-order valence-corrected chi connectivity index (χ2v) is 5.79. The molecule has 1 N–H and O–H groups in total. The summed E-state index contributed by atoms with van der Waals surface area (Å²) in [4.78, 5) is 12.6. The monoisotopic (exact) mass is 368 g/mol. The fourth-order valence-corrected chi connectivity index (χ4v) is 2.39. The van der Waals surface area contributed by atoms with E-state index in [-0.39, 0.29) is 12.5 Å². The van der Waals surface area contributed by atoms with Crippen molar-refractivity contribution in [3.63, 3.8) is 0 Å². The molecule has 1 aromatic heterocycles. The summed E-state index contributed by atoms with van der Waals surface area (Å²) in [6.07, 6.45) is 1.59. The van der Waals surface area contributed by atoms with Crippen molar-refractivity contribution in [2.45, 2.75) is 0 Å². The van der Waals surface area contributed by atoms with Crippen LogP contribution < -0.4 is 14.9 Å². The van der Waals surface area contributed by atoms with Crippen LogP contribution in [-0.4, -0.2) is 25.8 Å². The van der Waals surface area contributed by atoms with Gasteiger partial charge in [-0.3, -0.25) is 4.79 Å². The molecule has 0 aliphatic rings. The van der Waals surface area contributed by atoms with Crippen LogP contribution in [0.1, 0.15) is 4.88 Å². The van der Waals surface area contributed by atoms with Gasteiger partial charge in [0, 0.05) is 9.35 Å². The highest BCUT2D eigenvalue weighted by Gasteiger charge is 2.07. The van der Waals surface area contributed by atoms with Crippen LogP contribution in [0.15, 0.2) is 45.3 Å². The van der Waals surface area contributed by atoms with Gasteiger partial charge >= 0.3 is 0 Å². The topological polar surface area (TPSA) is 59.9 Å². The molecule has 0 aliphatic carbocycles. The zero-order valence-corrected chi connectivity index (χ0v) is 13.6. The Morgan fingerprint density at radius 1 is 1.43 bits per heavy atom. The second-order valence-electron chi connectivity index (χ2n) is 3.89. The predicted octanol–water partition coefficient (Wildman–Crippen LogP) is 3.05. The van der Waals surface area contributed by atoms with Crippen molar-refractivity contribution in [1.29, 1.82) is 0 Å². The number of halogens is 1. The lowest BCUT2D eigenvalue weighted by atomic mass is 10.3. The average Bonchev–Trinajstić information content (AvgIpc) is 2.99. The van der Waals surface area contributed by atoms with Crippen molar-refractivity contribution in [2.75, 3.05) is 13.7 Å². The maximum atomic E-state index is 11.6. The van der Waals surface area contributed by atoms with Crippen LogP contribution in [0.2, 0.25) is 0 Å². The number of hydrogen-bond acceptors (Lipinski definition) is 5. The fraction of sp³-hybridized carbons (Fsp3) is 0.143. The van der Waals surface area contributed by atoms with Crippen molar-refractivity contribution in [3.8, 4) is 11.5 Å². The third-order valence-corrected chi connectivity index (χ3v) is 3.71. The minimum absolute atomic E-state index is 0.139. The number of nitrogens with zero attached hydrogens (tertiary/aromatic N) is 1. The van der Waals surface area contributed by atoms with E-state index in [1.54, 1.807) is 25.5 Å². The van der Waals surface area contributed by atoms with E-state index in [4.69, 9.17) is 9.47 Å². The summed E-state index contributed by atoms with van der Waals surface area (Å²) in [6, 6.07) is 9.12. The molecular weight excluding hydrogens is 356 g/mol. The van der Waals surface area contributed by atoms with Gasteiger partial charge in [0.15, 0.2) is 18.1 Å². The number of hydrazone groups is 1. The number of hydrogen-bond donors (Lipinski definition) is 1. The molecule has 0 fully saturated rings. The van der Waals surface area contributed by atoms with Crippen LogP contribution in [-0.2, 0) is 4.79 Å².